The number of hydrogen-bond acceptors (Lipinski definition) is 3. The van der Waals surface area contributed by atoms with E-state index in [9.17, 15) is 0 Å². The zero-order valence-corrected chi connectivity index (χ0v) is 10.1. The van der Waals surface area contributed by atoms with Crippen LogP contribution >= 0.6 is 0 Å². The minimum Gasteiger partial charge on any atom is -0.496 e. The molecule has 1 aliphatic heterocycles. The van der Waals surface area contributed by atoms with E-state index in [0.29, 0.717) is 0 Å². The molecule has 3 nitrogen and oxygen atoms in total. The van der Waals surface area contributed by atoms with Gasteiger partial charge in [0.15, 0.2) is 0 Å². The molecule has 1 aliphatic rings. The van der Waals surface area contributed by atoms with Crippen molar-refractivity contribution in [2.24, 2.45) is 0 Å². The van der Waals surface area contributed by atoms with E-state index in [1.165, 1.54) is 11.1 Å². The Kier molecular flexibility index (Phi) is 3.80. The Morgan fingerprint density at radius 2 is 2.06 bits per heavy atom. The van der Waals surface area contributed by atoms with Gasteiger partial charge >= 0.3 is 0 Å². The summed E-state index contributed by atoms with van der Waals surface area (Å²) in [6.45, 7) is 7.64. The standard InChI is InChI=1S/C13H20N2O/c1-11-12(4-3-5-13(11)16-2)10-15-8-6-14-7-9-15/h3-5,14H,6-10H2,1-2H3. The molecular weight excluding hydrogens is 200 g/mol. The van der Waals surface area contributed by atoms with Crippen LogP contribution in [0.1, 0.15) is 11.1 Å². The Hall–Kier alpha value is -1.06. The van der Waals surface area contributed by atoms with E-state index in [4.69, 9.17) is 4.74 Å². The quantitative estimate of drug-likeness (QED) is 0.833. The molecule has 0 saturated carbocycles. The van der Waals surface area contributed by atoms with E-state index in [1.54, 1.807) is 7.11 Å². The van der Waals surface area contributed by atoms with E-state index in [1.807, 2.05) is 6.07 Å². The lowest BCUT2D eigenvalue weighted by molar-refractivity contribution is 0.232. The molecular formula is C13H20N2O. The number of benzene rings is 1. The molecule has 0 aromatic heterocycles. The molecule has 0 unspecified atom stereocenters. The second-order valence-electron chi connectivity index (χ2n) is 4.27. The van der Waals surface area contributed by atoms with Crippen molar-refractivity contribution in [2.75, 3.05) is 33.3 Å². The Bertz CT molecular complexity index is 346. The van der Waals surface area contributed by atoms with Gasteiger partial charge < -0.3 is 10.1 Å². The second-order valence-corrected chi connectivity index (χ2v) is 4.27. The molecule has 3 heteroatoms. The number of hydrogen-bond donors (Lipinski definition) is 1. The van der Waals surface area contributed by atoms with Crippen molar-refractivity contribution < 1.29 is 4.74 Å². The molecule has 2 rings (SSSR count). The highest BCUT2D eigenvalue weighted by Gasteiger charge is 2.12. The largest absolute Gasteiger partial charge is 0.496 e. The van der Waals surface area contributed by atoms with E-state index in [-0.39, 0.29) is 0 Å². The first-order chi connectivity index (χ1) is 7.81. The van der Waals surface area contributed by atoms with Crippen LogP contribution in [0.15, 0.2) is 18.2 Å². The van der Waals surface area contributed by atoms with Crippen molar-refractivity contribution in [1.29, 1.82) is 0 Å². The third-order valence-corrected chi connectivity index (χ3v) is 3.22. The Morgan fingerprint density at radius 1 is 1.31 bits per heavy atom. The van der Waals surface area contributed by atoms with Gasteiger partial charge in [-0.3, -0.25) is 4.90 Å². The first kappa shape index (κ1) is 11.4. The zero-order valence-electron chi connectivity index (χ0n) is 10.1. The third kappa shape index (κ3) is 2.54. The van der Waals surface area contributed by atoms with Gasteiger partial charge in [-0.05, 0) is 24.1 Å². The molecule has 1 N–H and O–H groups in total. The normalized spacial score (nSPS) is 17.4. The monoisotopic (exact) mass is 220 g/mol. The Labute approximate surface area is 97.4 Å². The molecule has 0 amide bonds. The predicted octanol–water partition coefficient (Wildman–Crippen LogP) is 1.41. The van der Waals surface area contributed by atoms with Gasteiger partial charge in [-0.2, -0.15) is 0 Å². The Balaban J connectivity index is 2.08. The molecule has 1 aromatic rings. The number of ether oxygens (including phenoxy) is 1. The van der Waals surface area contributed by atoms with Crippen LogP contribution in [0.3, 0.4) is 0 Å². The van der Waals surface area contributed by atoms with E-state index in [2.05, 4.69) is 29.3 Å². The average molecular weight is 220 g/mol. The fourth-order valence-electron chi connectivity index (χ4n) is 2.16. The minimum atomic E-state index is 0.993. The van der Waals surface area contributed by atoms with Crippen LogP contribution in [0, 0.1) is 6.92 Å². The van der Waals surface area contributed by atoms with Crippen molar-refractivity contribution in [3.8, 4) is 5.75 Å². The van der Waals surface area contributed by atoms with Gasteiger partial charge in [-0.25, -0.2) is 0 Å². The maximum atomic E-state index is 5.34. The van der Waals surface area contributed by atoms with Gasteiger partial charge in [0.05, 0.1) is 7.11 Å². The lowest BCUT2D eigenvalue weighted by atomic mass is 10.1. The van der Waals surface area contributed by atoms with E-state index >= 15 is 0 Å². The van der Waals surface area contributed by atoms with Crippen LogP contribution in [-0.2, 0) is 6.54 Å². The highest BCUT2D eigenvalue weighted by atomic mass is 16.5. The number of nitrogens with zero attached hydrogens (tertiary/aromatic N) is 1. The van der Waals surface area contributed by atoms with Gasteiger partial charge in [0, 0.05) is 32.7 Å². The summed E-state index contributed by atoms with van der Waals surface area (Å²) in [5.74, 6) is 0.993. The van der Waals surface area contributed by atoms with Crippen LogP contribution in [0.5, 0.6) is 5.75 Å². The van der Waals surface area contributed by atoms with Crippen LogP contribution in [-0.4, -0.2) is 38.2 Å². The maximum Gasteiger partial charge on any atom is 0.122 e. The molecule has 1 fully saturated rings. The fourth-order valence-corrected chi connectivity index (χ4v) is 2.16. The SMILES string of the molecule is COc1cccc(CN2CCNCC2)c1C. The van der Waals surface area contributed by atoms with Crippen molar-refractivity contribution in [3.63, 3.8) is 0 Å². The number of nitrogens with one attached hydrogen (secondary N) is 1. The maximum absolute atomic E-state index is 5.34. The smallest absolute Gasteiger partial charge is 0.122 e. The lowest BCUT2D eigenvalue weighted by Gasteiger charge is -2.27. The molecule has 0 bridgehead atoms. The molecule has 0 spiro atoms. The average Bonchev–Trinajstić information content (AvgIpc) is 2.33. The van der Waals surface area contributed by atoms with Gasteiger partial charge in [-0.15, -0.1) is 0 Å². The fraction of sp³-hybridized carbons (Fsp3) is 0.538. The molecule has 16 heavy (non-hydrogen) atoms. The third-order valence-electron chi connectivity index (χ3n) is 3.22. The predicted molar refractivity (Wildman–Crippen MR) is 65.9 cm³/mol. The second kappa shape index (κ2) is 5.32. The van der Waals surface area contributed by atoms with Crippen molar-refractivity contribution >= 4 is 0 Å². The molecule has 1 aromatic carbocycles. The lowest BCUT2D eigenvalue weighted by Crippen LogP contribution is -2.42. The summed E-state index contributed by atoms with van der Waals surface area (Å²) in [4.78, 5) is 2.48. The molecule has 0 radical (unpaired) electrons. The summed E-state index contributed by atoms with van der Waals surface area (Å²) in [5, 5.41) is 3.37. The van der Waals surface area contributed by atoms with Crippen molar-refractivity contribution in [2.45, 2.75) is 13.5 Å². The van der Waals surface area contributed by atoms with Crippen LogP contribution in [0.25, 0.3) is 0 Å². The topological polar surface area (TPSA) is 24.5 Å². The summed E-state index contributed by atoms with van der Waals surface area (Å²) >= 11 is 0. The van der Waals surface area contributed by atoms with Crippen molar-refractivity contribution in [1.82, 2.24) is 10.2 Å². The molecule has 0 atom stereocenters. The highest BCUT2D eigenvalue weighted by Crippen LogP contribution is 2.22. The van der Waals surface area contributed by atoms with Crippen LogP contribution in [0.2, 0.25) is 0 Å². The van der Waals surface area contributed by atoms with Gasteiger partial charge in [0.2, 0.25) is 0 Å². The van der Waals surface area contributed by atoms with Gasteiger partial charge in [0.25, 0.3) is 0 Å². The van der Waals surface area contributed by atoms with Gasteiger partial charge in [0.1, 0.15) is 5.75 Å². The minimum absolute atomic E-state index is 0.993. The first-order valence-electron chi connectivity index (χ1n) is 5.87. The molecule has 1 heterocycles. The summed E-state index contributed by atoms with van der Waals surface area (Å²) in [6.07, 6.45) is 0. The van der Waals surface area contributed by atoms with Gasteiger partial charge in [-0.1, -0.05) is 12.1 Å². The van der Waals surface area contributed by atoms with Crippen molar-refractivity contribution in [3.05, 3.63) is 29.3 Å². The summed E-state index contributed by atoms with van der Waals surface area (Å²) < 4.78 is 5.34. The molecule has 0 aliphatic carbocycles. The zero-order chi connectivity index (χ0) is 11.4. The molecule has 1 saturated heterocycles. The first-order valence-corrected chi connectivity index (χ1v) is 5.87. The van der Waals surface area contributed by atoms with E-state index < -0.39 is 0 Å². The summed E-state index contributed by atoms with van der Waals surface area (Å²) in [6, 6.07) is 6.29. The summed E-state index contributed by atoms with van der Waals surface area (Å²) in [7, 11) is 1.73. The van der Waals surface area contributed by atoms with Crippen LogP contribution in [0.4, 0.5) is 0 Å². The summed E-state index contributed by atoms with van der Waals surface area (Å²) in [5.41, 5.74) is 2.64. The van der Waals surface area contributed by atoms with Crippen LogP contribution < -0.4 is 10.1 Å². The Morgan fingerprint density at radius 3 is 2.75 bits per heavy atom. The number of rotatable bonds is 3. The van der Waals surface area contributed by atoms with E-state index in [0.717, 1.165) is 38.5 Å². The number of piperazine rings is 1. The number of methoxy groups -OCH3 is 1. The molecule has 88 valence electrons. The highest BCUT2D eigenvalue weighted by molar-refractivity contribution is 5.39.